The fourth-order valence-electron chi connectivity index (χ4n) is 9.75. The van der Waals surface area contributed by atoms with Crippen molar-refractivity contribution in [3.8, 4) is 74.1 Å². The molecule has 70 heavy (non-hydrogen) atoms. The van der Waals surface area contributed by atoms with E-state index in [2.05, 4.69) is 28.8 Å². The number of hydrogen-bond donors (Lipinski definition) is 0. The number of benzene rings is 9. The van der Waals surface area contributed by atoms with E-state index in [1.54, 1.807) is 42.5 Å². The zero-order valence-corrected chi connectivity index (χ0v) is 36.4. The van der Waals surface area contributed by atoms with Gasteiger partial charge in [-0.1, -0.05) is 91.0 Å². The minimum Gasteiger partial charge on any atom is -0.309 e. The molecule has 11 aromatic rings. The van der Waals surface area contributed by atoms with E-state index in [0.29, 0.717) is 51.1 Å². The van der Waals surface area contributed by atoms with E-state index < -0.39 is 29.0 Å². The fraction of sp³-hybridized carbons (Fsp3) is 0.0339. The van der Waals surface area contributed by atoms with Gasteiger partial charge in [0.1, 0.15) is 0 Å². The zero-order valence-electron chi connectivity index (χ0n) is 36.4. The highest BCUT2D eigenvalue weighted by Gasteiger charge is 2.41. The van der Waals surface area contributed by atoms with Gasteiger partial charge in [0.25, 0.3) is 0 Å². The first kappa shape index (κ1) is 43.2. The predicted molar refractivity (Wildman–Crippen MR) is 261 cm³/mol. The van der Waals surface area contributed by atoms with Crippen LogP contribution in [0.25, 0.3) is 99.5 Å². The normalized spacial score (nSPS) is 11.8. The first-order valence-corrected chi connectivity index (χ1v) is 21.9. The van der Waals surface area contributed by atoms with Crippen LogP contribution in [0.5, 0.6) is 0 Å². The third kappa shape index (κ3) is 7.18. The van der Waals surface area contributed by atoms with Crippen molar-refractivity contribution in [3.63, 3.8) is 0 Å². The van der Waals surface area contributed by atoms with E-state index >= 15 is 0 Å². The van der Waals surface area contributed by atoms with Crippen molar-refractivity contribution in [2.24, 2.45) is 0 Å². The molecule has 2 heterocycles. The van der Waals surface area contributed by atoms with Gasteiger partial charge in [-0.25, -0.2) is 0 Å². The summed E-state index contributed by atoms with van der Waals surface area (Å²) in [5.41, 5.74) is 5.16. The van der Waals surface area contributed by atoms with Gasteiger partial charge in [-0.3, -0.25) is 0 Å². The molecule has 0 aliphatic carbocycles. The zero-order chi connectivity index (χ0) is 48.5. The molecule has 0 radical (unpaired) electrons. The van der Waals surface area contributed by atoms with Gasteiger partial charge in [-0.05, 0) is 125 Å². The number of alkyl halides is 6. The Morgan fingerprint density at radius 3 is 1.24 bits per heavy atom. The first-order valence-electron chi connectivity index (χ1n) is 21.9. The topological polar surface area (TPSA) is 81.2 Å². The molecule has 0 saturated heterocycles. The fourth-order valence-corrected chi connectivity index (χ4v) is 9.75. The van der Waals surface area contributed by atoms with Gasteiger partial charge in [-0.15, -0.1) is 0 Å². The van der Waals surface area contributed by atoms with Gasteiger partial charge in [0, 0.05) is 38.2 Å². The number of rotatable bonds is 6. The van der Waals surface area contributed by atoms with Crippen molar-refractivity contribution in [1.29, 1.82) is 15.8 Å². The van der Waals surface area contributed by atoms with E-state index in [-0.39, 0.29) is 16.8 Å². The molecule has 5 nitrogen and oxygen atoms in total. The number of para-hydroxylation sites is 2. The Balaban J connectivity index is 1.23. The lowest BCUT2D eigenvalue weighted by molar-refractivity contribution is -0.142. The van der Waals surface area contributed by atoms with Crippen LogP contribution in [0.15, 0.2) is 188 Å². The molecule has 0 N–H and O–H groups in total. The average molecular weight is 924 g/mol. The smallest absolute Gasteiger partial charge is 0.309 e. The van der Waals surface area contributed by atoms with Crippen LogP contribution >= 0.6 is 0 Å². The molecular formula is C59H31F6N5. The van der Waals surface area contributed by atoms with Crippen LogP contribution in [-0.2, 0) is 12.4 Å². The van der Waals surface area contributed by atoms with Gasteiger partial charge in [0.15, 0.2) is 0 Å². The summed E-state index contributed by atoms with van der Waals surface area (Å²) in [6.07, 6.45) is -10.3. The number of halogens is 6. The highest BCUT2D eigenvalue weighted by Crippen LogP contribution is 2.48. The summed E-state index contributed by atoms with van der Waals surface area (Å²) in [5, 5.41) is 32.6. The molecule has 0 spiro atoms. The molecule has 0 bridgehead atoms. The summed E-state index contributed by atoms with van der Waals surface area (Å²) >= 11 is 0. The Kier molecular flexibility index (Phi) is 10.2. The molecule has 0 amide bonds. The Morgan fingerprint density at radius 1 is 0.329 bits per heavy atom. The molecule has 0 aliphatic rings. The van der Waals surface area contributed by atoms with E-state index in [9.17, 15) is 42.1 Å². The standard InChI is InChI=1S/C59H31F6N5/c60-58(61,62)49-8-5-9-50(59(63,64)65)57(49)42-21-24-45(56(31-42)70-52-11-4-2-7-44(52)48-30-41(23-27-55(48)70)39-19-14-36(33-67)15-20-39)46-28-37(34-68)16-25-53(46)69-51-10-3-1-6-43(51)47-29-40(22-26-54(47)69)38-17-12-35(32-66)13-18-38/h1-31H. The first-order chi connectivity index (χ1) is 33.8. The molecule has 0 aliphatic heterocycles. The molecule has 0 unspecified atom stereocenters. The average Bonchev–Trinajstić information content (AvgIpc) is 3.89. The molecule has 334 valence electrons. The number of nitrogens with zero attached hydrogens (tertiary/aromatic N) is 5. The van der Waals surface area contributed by atoms with Crippen molar-refractivity contribution < 1.29 is 26.3 Å². The lowest BCUT2D eigenvalue weighted by atomic mass is 9.90. The second kappa shape index (κ2) is 16.4. The van der Waals surface area contributed by atoms with Gasteiger partial charge in [0.2, 0.25) is 0 Å². The van der Waals surface area contributed by atoms with Crippen molar-refractivity contribution in [2.45, 2.75) is 12.4 Å². The van der Waals surface area contributed by atoms with Gasteiger partial charge in [-0.2, -0.15) is 42.1 Å². The SMILES string of the molecule is N#Cc1ccc(-c2ccc3c(c2)c2ccccc2n3-c2ccc(C#N)cc2-c2ccc(-c3c(C(F)(F)F)cccc3C(F)(F)F)cc2-n2c3ccccc3c3cc(-c4ccc(C#N)cc4)ccc32)cc1. The van der Waals surface area contributed by atoms with Crippen molar-refractivity contribution >= 4 is 43.6 Å². The van der Waals surface area contributed by atoms with Crippen LogP contribution < -0.4 is 0 Å². The monoisotopic (exact) mass is 923 g/mol. The van der Waals surface area contributed by atoms with Crippen LogP contribution in [0.4, 0.5) is 26.3 Å². The lowest BCUT2D eigenvalue weighted by Gasteiger charge is -2.22. The van der Waals surface area contributed by atoms with Crippen LogP contribution in [0, 0.1) is 34.0 Å². The Labute approximate surface area is 395 Å². The van der Waals surface area contributed by atoms with Crippen molar-refractivity contribution in [3.05, 3.63) is 216 Å². The lowest BCUT2D eigenvalue weighted by Crippen LogP contribution is -2.14. The second-order valence-corrected chi connectivity index (χ2v) is 16.8. The molecule has 9 aromatic carbocycles. The summed E-state index contributed by atoms with van der Waals surface area (Å²) in [4.78, 5) is 0. The molecule has 11 rings (SSSR count). The summed E-state index contributed by atoms with van der Waals surface area (Å²) in [7, 11) is 0. The number of aromatic nitrogens is 2. The quantitative estimate of drug-likeness (QED) is 0.156. The Morgan fingerprint density at radius 2 is 0.757 bits per heavy atom. The van der Waals surface area contributed by atoms with E-state index in [1.165, 1.54) is 12.1 Å². The molecule has 0 atom stereocenters. The largest absolute Gasteiger partial charge is 0.417 e. The number of nitriles is 3. The Hall–Kier alpha value is -9.37. The maximum atomic E-state index is 14.9. The maximum Gasteiger partial charge on any atom is 0.417 e. The molecule has 11 heteroatoms. The van der Waals surface area contributed by atoms with Crippen LogP contribution in [0.1, 0.15) is 27.8 Å². The highest BCUT2D eigenvalue weighted by molar-refractivity contribution is 6.13. The van der Waals surface area contributed by atoms with Crippen molar-refractivity contribution in [2.75, 3.05) is 0 Å². The van der Waals surface area contributed by atoms with Crippen LogP contribution in [0.3, 0.4) is 0 Å². The summed E-state index contributed by atoms with van der Waals surface area (Å²) in [6.45, 7) is 0. The van der Waals surface area contributed by atoms with E-state index in [0.717, 1.165) is 60.9 Å². The van der Waals surface area contributed by atoms with Gasteiger partial charge < -0.3 is 9.13 Å². The van der Waals surface area contributed by atoms with Gasteiger partial charge >= 0.3 is 12.4 Å². The highest BCUT2D eigenvalue weighted by atomic mass is 19.4. The minimum absolute atomic E-state index is 0.264. The molecule has 0 saturated carbocycles. The van der Waals surface area contributed by atoms with Crippen LogP contribution in [0.2, 0.25) is 0 Å². The predicted octanol–water partition coefficient (Wildman–Crippen LogP) is 16.2. The second-order valence-electron chi connectivity index (χ2n) is 16.8. The maximum absolute atomic E-state index is 14.9. The molecular weight excluding hydrogens is 893 g/mol. The number of fused-ring (bicyclic) bond motifs is 6. The van der Waals surface area contributed by atoms with Crippen LogP contribution in [-0.4, -0.2) is 9.13 Å². The minimum atomic E-state index is -5.14. The number of hydrogen-bond acceptors (Lipinski definition) is 3. The summed E-state index contributed by atoms with van der Waals surface area (Å²) in [6, 6.07) is 59.4. The summed E-state index contributed by atoms with van der Waals surface area (Å²) in [5.74, 6) is 0. The molecule has 2 aromatic heterocycles. The summed E-state index contributed by atoms with van der Waals surface area (Å²) < 4.78 is 93.5. The van der Waals surface area contributed by atoms with Gasteiger partial charge in [0.05, 0.1) is 79.5 Å². The Bertz CT molecular complexity index is 4030. The third-order valence-electron chi connectivity index (χ3n) is 12.9. The van der Waals surface area contributed by atoms with E-state index in [1.807, 2.05) is 114 Å². The third-order valence-corrected chi connectivity index (χ3v) is 12.9. The van der Waals surface area contributed by atoms with E-state index in [4.69, 9.17) is 0 Å². The molecule has 0 fully saturated rings. The van der Waals surface area contributed by atoms with Crippen molar-refractivity contribution in [1.82, 2.24) is 9.13 Å².